The van der Waals surface area contributed by atoms with Crippen LogP contribution in [0.4, 0.5) is 5.69 Å². The van der Waals surface area contributed by atoms with Crippen LogP contribution in [0.5, 0.6) is 5.75 Å². The van der Waals surface area contributed by atoms with Crippen LogP contribution >= 0.6 is 0 Å². The minimum atomic E-state index is -0.487. The van der Waals surface area contributed by atoms with Gasteiger partial charge in [0.1, 0.15) is 11.3 Å². The molecule has 0 bridgehead atoms. The number of benzene rings is 1. The maximum absolute atomic E-state index is 12.5. The normalized spacial score (nSPS) is 10.4. The Morgan fingerprint density at radius 3 is 2.86 bits per heavy atom. The Morgan fingerprint density at radius 1 is 1.27 bits per heavy atom. The standard InChI is InChI=1S/C16H13N3O3/c1-22-13-6-2-5-11-14(13)18-9-12(15(11)20)16(21)19-10-4-3-7-17-8-10/h2-9H,1H3,(H,18,20)(H,19,21). The summed E-state index contributed by atoms with van der Waals surface area (Å²) in [6.45, 7) is 0. The Morgan fingerprint density at radius 2 is 2.14 bits per heavy atom. The van der Waals surface area contributed by atoms with Gasteiger partial charge in [0.2, 0.25) is 5.43 Å². The number of para-hydroxylation sites is 1. The molecule has 2 aromatic heterocycles. The van der Waals surface area contributed by atoms with E-state index in [1.165, 1.54) is 19.5 Å². The number of carbonyl (C=O) groups excluding carboxylic acids is 1. The van der Waals surface area contributed by atoms with Gasteiger partial charge < -0.3 is 15.0 Å². The summed E-state index contributed by atoms with van der Waals surface area (Å²) in [4.78, 5) is 31.6. The first kappa shape index (κ1) is 13.8. The summed E-state index contributed by atoms with van der Waals surface area (Å²) in [6.07, 6.45) is 4.50. The van der Waals surface area contributed by atoms with Crippen LogP contribution in [0.1, 0.15) is 10.4 Å². The van der Waals surface area contributed by atoms with Crippen LogP contribution in [0.15, 0.2) is 53.7 Å². The lowest BCUT2D eigenvalue weighted by atomic mass is 10.1. The number of methoxy groups -OCH3 is 1. The number of rotatable bonds is 3. The molecule has 1 aromatic carbocycles. The third-order valence-corrected chi connectivity index (χ3v) is 3.26. The number of carbonyl (C=O) groups is 1. The Bertz CT molecular complexity index is 888. The second-order valence-electron chi connectivity index (χ2n) is 4.61. The van der Waals surface area contributed by atoms with Crippen LogP contribution in [0.2, 0.25) is 0 Å². The molecule has 2 heterocycles. The lowest BCUT2D eigenvalue weighted by molar-refractivity contribution is 0.102. The second-order valence-corrected chi connectivity index (χ2v) is 4.61. The minimum absolute atomic E-state index is 0.0320. The van der Waals surface area contributed by atoms with Crippen molar-refractivity contribution in [3.63, 3.8) is 0 Å². The fourth-order valence-electron chi connectivity index (χ4n) is 2.20. The summed E-state index contributed by atoms with van der Waals surface area (Å²) in [7, 11) is 1.52. The Labute approximate surface area is 125 Å². The van der Waals surface area contributed by atoms with Gasteiger partial charge in [0.15, 0.2) is 0 Å². The molecule has 0 fully saturated rings. The number of aromatic nitrogens is 2. The quantitative estimate of drug-likeness (QED) is 0.775. The van der Waals surface area contributed by atoms with Crippen molar-refractivity contribution in [1.82, 2.24) is 9.97 Å². The third-order valence-electron chi connectivity index (χ3n) is 3.26. The maximum Gasteiger partial charge on any atom is 0.261 e. The first-order chi connectivity index (χ1) is 10.7. The monoisotopic (exact) mass is 295 g/mol. The molecule has 2 N–H and O–H groups in total. The van der Waals surface area contributed by atoms with E-state index >= 15 is 0 Å². The Balaban J connectivity index is 2.03. The number of pyridine rings is 2. The zero-order valence-electron chi connectivity index (χ0n) is 11.8. The van der Waals surface area contributed by atoms with Crippen molar-refractivity contribution in [3.05, 3.63) is 64.7 Å². The average Bonchev–Trinajstić information content (AvgIpc) is 2.55. The largest absolute Gasteiger partial charge is 0.495 e. The van der Waals surface area contributed by atoms with Crippen molar-refractivity contribution < 1.29 is 9.53 Å². The second kappa shape index (κ2) is 5.69. The molecule has 1 amide bonds. The van der Waals surface area contributed by atoms with Crippen molar-refractivity contribution in [1.29, 1.82) is 0 Å². The van der Waals surface area contributed by atoms with E-state index in [-0.39, 0.29) is 11.0 Å². The van der Waals surface area contributed by atoms with Crippen LogP contribution < -0.4 is 15.5 Å². The van der Waals surface area contributed by atoms with Crippen LogP contribution in [0.25, 0.3) is 10.9 Å². The highest BCUT2D eigenvalue weighted by atomic mass is 16.5. The number of nitrogens with zero attached hydrogens (tertiary/aromatic N) is 1. The molecular weight excluding hydrogens is 282 g/mol. The molecule has 0 saturated heterocycles. The molecule has 6 heteroatoms. The highest BCUT2D eigenvalue weighted by Gasteiger charge is 2.14. The van der Waals surface area contributed by atoms with E-state index in [4.69, 9.17) is 4.74 Å². The molecule has 0 spiro atoms. The number of fused-ring (bicyclic) bond motifs is 1. The van der Waals surface area contributed by atoms with Crippen LogP contribution in [-0.2, 0) is 0 Å². The van der Waals surface area contributed by atoms with Crippen LogP contribution in [-0.4, -0.2) is 23.0 Å². The zero-order valence-corrected chi connectivity index (χ0v) is 11.8. The fourth-order valence-corrected chi connectivity index (χ4v) is 2.20. The maximum atomic E-state index is 12.5. The first-order valence-corrected chi connectivity index (χ1v) is 6.60. The Kier molecular flexibility index (Phi) is 3.57. The molecule has 0 aliphatic rings. The number of hydrogen-bond donors (Lipinski definition) is 2. The van der Waals surface area contributed by atoms with E-state index in [2.05, 4.69) is 15.3 Å². The van der Waals surface area contributed by atoms with Gasteiger partial charge in [-0.05, 0) is 24.3 Å². The van der Waals surface area contributed by atoms with Crippen LogP contribution in [0, 0.1) is 0 Å². The average molecular weight is 295 g/mol. The highest BCUT2D eigenvalue weighted by molar-refractivity contribution is 6.05. The van der Waals surface area contributed by atoms with Crippen molar-refractivity contribution in [3.8, 4) is 5.75 Å². The van der Waals surface area contributed by atoms with Crippen molar-refractivity contribution >= 4 is 22.5 Å². The summed E-state index contributed by atoms with van der Waals surface area (Å²) in [5.41, 5.74) is 0.768. The Hall–Kier alpha value is -3.15. The van der Waals surface area contributed by atoms with Gasteiger partial charge in [-0.1, -0.05) is 6.07 Å². The molecule has 0 atom stereocenters. The van der Waals surface area contributed by atoms with E-state index in [0.717, 1.165) is 0 Å². The van der Waals surface area contributed by atoms with E-state index in [0.29, 0.717) is 22.3 Å². The number of hydrogen-bond acceptors (Lipinski definition) is 4. The number of ether oxygens (including phenoxy) is 1. The highest BCUT2D eigenvalue weighted by Crippen LogP contribution is 2.21. The lowest BCUT2D eigenvalue weighted by Gasteiger charge is -2.07. The molecule has 0 saturated carbocycles. The van der Waals surface area contributed by atoms with E-state index in [1.807, 2.05) is 0 Å². The van der Waals surface area contributed by atoms with Gasteiger partial charge in [-0.2, -0.15) is 0 Å². The molecule has 3 rings (SSSR count). The van der Waals surface area contributed by atoms with Gasteiger partial charge >= 0.3 is 0 Å². The summed E-state index contributed by atoms with van der Waals surface area (Å²) >= 11 is 0. The molecule has 3 aromatic rings. The number of H-pyrrole nitrogens is 1. The molecule has 0 unspecified atom stereocenters. The van der Waals surface area contributed by atoms with Gasteiger partial charge in [0.25, 0.3) is 5.91 Å². The number of amides is 1. The predicted molar refractivity (Wildman–Crippen MR) is 83.3 cm³/mol. The summed E-state index contributed by atoms with van der Waals surface area (Å²) < 4.78 is 5.20. The van der Waals surface area contributed by atoms with Crippen molar-refractivity contribution in [2.75, 3.05) is 12.4 Å². The molecule has 22 heavy (non-hydrogen) atoms. The summed E-state index contributed by atoms with van der Waals surface area (Å²) in [5.74, 6) is 0.0628. The number of nitrogens with one attached hydrogen (secondary N) is 2. The van der Waals surface area contributed by atoms with Gasteiger partial charge in [-0.3, -0.25) is 14.6 Å². The molecule has 0 radical (unpaired) electrons. The molecule has 6 nitrogen and oxygen atoms in total. The molecule has 110 valence electrons. The minimum Gasteiger partial charge on any atom is -0.495 e. The van der Waals surface area contributed by atoms with Crippen molar-refractivity contribution in [2.24, 2.45) is 0 Å². The number of aromatic amines is 1. The topological polar surface area (TPSA) is 84.1 Å². The van der Waals surface area contributed by atoms with Gasteiger partial charge in [-0.25, -0.2) is 0 Å². The van der Waals surface area contributed by atoms with Crippen LogP contribution in [0.3, 0.4) is 0 Å². The van der Waals surface area contributed by atoms with Gasteiger partial charge in [0.05, 0.1) is 29.9 Å². The third kappa shape index (κ3) is 2.42. The van der Waals surface area contributed by atoms with Gasteiger partial charge in [-0.15, -0.1) is 0 Å². The molecule has 0 aliphatic heterocycles. The zero-order chi connectivity index (χ0) is 15.5. The summed E-state index contributed by atoms with van der Waals surface area (Å²) in [6, 6.07) is 8.50. The summed E-state index contributed by atoms with van der Waals surface area (Å²) in [5, 5.41) is 3.04. The fraction of sp³-hybridized carbons (Fsp3) is 0.0625. The SMILES string of the molecule is COc1cccc2c(=O)c(C(=O)Nc3cccnc3)c[nH]c12. The molecule has 0 aliphatic carbocycles. The van der Waals surface area contributed by atoms with Gasteiger partial charge in [0, 0.05) is 12.4 Å². The smallest absolute Gasteiger partial charge is 0.261 e. The van der Waals surface area contributed by atoms with E-state index in [9.17, 15) is 9.59 Å². The van der Waals surface area contributed by atoms with Crippen molar-refractivity contribution in [2.45, 2.75) is 0 Å². The molecular formula is C16H13N3O3. The van der Waals surface area contributed by atoms with E-state index < -0.39 is 5.91 Å². The first-order valence-electron chi connectivity index (χ1n) is 6.60. The lowest BCUT2D eigenvalue weighted by Crippen LogP contribution is -2.22. The van der Waals surface area contributed by atoms with E-state index in [1.54, 1.807) is 36.5 Å². The predicted octanol–water partition coefficient (Wildman–Crippen LogP) is 2.18. The number of anilines is 1.